The summed E-state index contributed by atoms with van der Waals surface area (Å²) in [7, 11) is 3.52. The Hall–Kier alpha value is -1.40. The van der Waals surface area contributed by atoms with E-state index in [1.54, 1.807) is 18.4 Å². The number of nitrogens with zero attached hydrogens (tertiary/aromatic N) is 2. The second kappa shape index (κ2) is 5.49. The van der Waals surface area contributed by atoms with Crippen molar-refractivity contribution in [1.82, 2.24) is 9.97 Å². The summed E-state index contributed by atoms with van der Waals surface area (Å²) in [4.78, 5) is 11.2. The zero-order chi connectivity index (χ0) is 13.1. The third-order valence-corrected chi connectivity index (χ3v) is 3.48. The predicted molar refractivity (Wildman–Crippen MR) is 76.7 cm³/mol. The fraction of sp³-hybridized carbons (Fsp3) is 0.500. The highest BCUT2D eigenvalue weighted by Gasteiger charge is 2.12. The molecule has 0 saturated heterocycles. The molecule has 1 atom stereocenters. The average Bonchev–Trinajstić information content (AvgIpc) is 2.69. The molecular formula is C12H18N4OS. The van der Waals surface area contributed by atoms with Crippen LogP contribution in [-0.4, -0.2) is 36.8 Å². The van der Waals surface area contributed by atoms with Crippen molar-refractivity contribution in [1.29, 1.82) is 0 Å². The lowest BCUT2D eigenvalue weighted by Crippen LogP contribution is -2.21. The minimum absolute atomic E-state index is 0.206. The Balaban J connectivity index is 2.40. The van der Waals surface area contributed by atoms with Gasteiger partial charge in [-0.3, -0.25) is 0 Å². The zero-order valence-corrected chi connectivity index (χ0v) is 11.9. The van der Waals surface area contributed by atoms with Crippen LogP contribution < -0.4 is 10.6 Å². The molecule has 0 saturated carbocycles. The lowest BCUT2D eigenvalue weighted by atomic mass is 10.3. The lowest BCUT2D eigenvalue weighted by molar-refractivity contribution is 0.190. The number of anilines is 2. The van der Waals surface area contributed by atoms with Gasteiger partial charge >= 0.3 is 0 Å². The van der Waals surface area contributed by atoms with Crippen LogP contribution in [0.2, 0.25) is 0 Å². The summed E-state index contributed by atoms with van der Waals surface area (Å²) in [5.41, 5.74) is 0. The van der Waals surface area contributed by atoms with Gasteiger partial charge in [0.1, 0.15) is 10.6 Å². The van der Waals surface area contributed by atoms with Crippen molar-refractivity contribution in [3.05, 3.63) is 10.9 Å². The van der Waals surface area contributed by atoms with Gasteiger partial charge in [-0.25, -0.2) is 4.98 Å². The monoisotopic (exact) mass is 266 g/mol. The number of methoxy groups -OCH3 is 1. The van der Waals surface area contributed by atoms with Crippen LogP contribution in [0.4, 0.5) is 11.8 Å². The Morgan fingerprint density at radius 2 is 2.22 bits per heavy atom. The van der Waals surface area contributed by atoms with Gasteiger partial charge in [0.25, 0.3) is 0 Å². The largest absolute Gasteiger partial charge is 0.383 e. The first-order valence-corrected chi connectivity index (χ1v) is 6.67. The van der Waals surface area contributed by atoms with Crippen molar-refractivity contribution in [2.45, 2.75) is 19.9 Å². The van der Waals surface area contributed by atoms with Gasteiger partial charge < -0.3 is 15.4 Å². The number of hydrogen-bond acceptors (Lipinski definition) is 6. The highest BCUT2D eigenvalue weighted by atomic mass is 32.1. The Kier molecular flexibility index (Phi) is 3.98. The molecule has 0 aliphatic carbocycles. The van der Waals surface area contributed by atoms with Gasteiger partial charge in [0.05, 0.1) is 12.0 Å². The first-order valence-electron chi connectivity index (χ1n) is 5.85. The van der Waals surface area contributed by atoms with E-state index < -0.39 is 0 Å². The summed E-state index contributed by atoms with van der Waals surface area (Å²) >= 11 is 1.67. The third kappa shape index (κ3) is 2.70. The summed E-state index contributed by atoms with van der Waals surface area (Å²) < 4.78 is 5.13. The van der Waals surface area contributed by atoms with Gasteiger partial charge in [0, 0.05) is 25.1 Å². The maximum atomic E-state index is 5.13. The van der Waals surface area contributed by atoms with Crippen molar-refractivity contribution < 1.29 is 4.74 Å². The number of thiophene rings is 1. The van der Waals surface area contributed by atoms with Crippen LogP contribution in [0.25, 0.3) is 10.2 Å². The van der Waals surface area contributed by atoms with Gasteiger partial charge in [-0.1, -0.05) is 0 Å². The van der Waals surface area contributed by atoms with Crippen LogP contribution in [0.5, 0.6) is 0 Å². The number of rotatable bonds is 5. The van der Waals surface area contributed by atoms with Crippen molar-refractivity contribution >= 4 is 33.3 Å². The maximum absolute atomic E-state index is 5.13. The minimum Gasteiger partial charge on any atom is -0.383 e. The van der Waals surface area contributed by atoms with Crippen molar-refractivity contribution in [2.24, 2.45) is 0 Å². The molecule has 1 unspecified atom stereocenters. The van der Waals surface area contributed by atoms with E-state index in [0.29, 0.717) is 12.6 Å². The predicted octanol–water partition coefficient (Wildman–Crippen LogP) is 2.49. The van der Waals surface area contributed by atoms with E-state index in [4.69, 9.17) is 4.74 Å². The van der Waals surface area contributed by atoms with E-state index >= 15 is 0 Å². The van der Waals surface area contributed by atoms with Crippen molar-refractivity contribution in [3.63, 3.8) is 0 Å². The number of aryl methyl sites for hydroxylation is 1. The number of fused-ring (bicyclic) bond motifs is 1. The van der Waals surface area contributed by atoms with Crippen LogP contribution in [0.15, 0.2) is 6.07 Å². The molecule has 0 spiro atoms. The quantitative estimate of drug-likeness (QED) is 0.870. The molecule has 6 heteroatoms. The summed E-state index contributed by atoms with van der Waals surface area (Å²) in [6, 6.07) is 2.32. The summed E-state index contributed by atoms with van der Waals surface area (Å²) in [5.74, 6) is 1.50. The van der Waals surface area contributed by atoms with Gasteiger partial charge in [-0.2, -0.15) is 4.98 Å². The summed E-state index contributed by atoms with van der Waals surface area (Å²) in [6.07, 6.45) is 0. The fourth-order valence-corrected chi connectivity index (χ4v) is 2.67. The lowest BCUT2D eigenvalue weighted by Gasteiger charge is -2.14. The average molecular weight is 266 g/mol. The van der Waals surface area contributed by atoms with E-state index in [1.807, 2.05) is 7.05 Å². The first-order chi connectivity index (χ1) is 8.63. The topological polar surface area (TPSA) is 59.1 Å². The summed E-state index contributed by atoms with van der Waals surface area (Å²) in [5, 5.41) is 7.42. The van der Waals surface area contributed by atoms with Gasteiger partial charge in [-0.05, 0) is 19.9 Å². The molecule has 2 heterocycles. The Labute approximate surface area is 111 Å². The number of ether oxygens (including phenoxy) is 1. The molecule has 2 N–H and O–H groups in total. The van der Waals surface area contributed by atoms with E-state index in [2.05, 4.69) is 40.5 Å². The molecule has 0 aliphatic heterocycles. The van der Waals surface area contributed by atoms with Gasteiger partial charge in [0.2, 0.25) is 5.95 Å². The van der Waals surface area contributed by atoms with E-state index in [1.165, 1.54) is 4.88 Å². The summed E-state index contributed by atoms with van der Waals surface area (Å²) in [6.45, 7) is 4.78. The molecule has 2 aromatic heterocycles. The molecule has 0 aromatic carbocycles. The van der Waals surface area contributed by atoms with Crippen LogP contribution in [0, 0.1) is 6.92 Å². The molecule has 0 amide bonds. The van der Waals surface area contributed by atoms with Crippen LogP contribution in [0.1, 0.15) is 11.8 Å². The van der Waals surface area contributed by atoms with Crippen molar-refractivity contribution in [2.75, 3.05) is 31.4 Å². The smallest absolute Gasteiger partial charge is 0.225 e. The standard InChI is InChI=1S/C12H18N4OS/c1-7(6-17-4)14-10-9-5-8(2)18-11(9)16-12(13-3)15-10/h5,7H,6H2,1-4H3,(H2,13,14,15,16). The number of nitrogens with one attached hydrogen (secondary N) is 2. The Morgan fingerprint density at radius 3 is 2.89 bits per heavy atom. The van der Waals surface area contributed by atoms with Crippen LogP contribution in [0.3, 0.4) is 0 Å². The van der Waals surface area contributed by atoms with Gasteiger partial charge in [-0.15, -0.1) is 11.3 Å². The molecular weight excluding hydrogens is 248 g/mol. The molecule has 2 aromatic rings. The maximum Gasteiger partial charge on any atom is 0.225 e. The Morgan fingerprint density at radius 1 is 1.44 bits per heavy atom. The SMILES string of the molecule is CNc1nc(NC(C)COC)c2cc(C)sc2n1. The van der Waals surface area contributed by atoms with E-state index in [-0.39, 0.29) is 6.04 Å². The number of aromatic nitrogens is 2. The molecule has 5 nitrogen and oxygen atoms in total. The fourth-order valence-electron chi connectivity index (χ4n) is 1.79. The van der Waals surface area contributed by atoms with Gasteiger partial charge in [0.15, 0.2) is 0 Å². The highest BCUT2D eigenvalue weighted by molar-refractivity contribution is 7.18. The molecule has 2 rings (SSSR count). The van der Waals surface area contributed by atoms with E-state index in [0.717, 1.165) is 16.0 Å². The molecule has 0 aliphatic rings. The molecule has 0 bridgehead atoms. The van der Waals surface area contributed by atoms with Crippen LogP contribution in [-0.2, 0) is 4.74 Å². The highest BCUT2D eigenvalue weighted by Crippen LogP contribution is 2.29. The molecule has 18 heavy (non-hydrogen) atoms. The third-order valence-electron chi connectivity index (χ3n) is 2.54. The van der Waals surface area contributed by atoms with Crippen LogP contribution >= 0.6 is 11.3 Å². The first kappa shape index (κ1) is 13.0. The number of hydrogen-bond donors (Lipinski definition) is 2. The second-order valence-electron chi connectivity index (χ2n) is 4.22. The van der Waals surface area contributed by atoms with Crippen molar-refractivity contribution in [3.8, 4) is 0 Å². The second-order valence-corrected chi connectivity index (χ2v) is 5.46. The molecule has 0 fully saturated rings. The molecule has 98 valence electrons. The zero-order valence-electron chi connectivity index (χ0n) is 11.1. The Bertz CT molecular complexity index is 540. The minimum atomic E-state index is 0.206. The normalized spacial score (nSPS) is 12.7. The van der Waals surface area contributed by atoms with E-state index in [9.17, 15) is 0 Å². The molecule has 0 radical (unpaired) electrons.